The summed E-state index contributed by atoms with van der Waals surface area (Å²) < 4.78 is 0. The third kappa shape index (κ3) is 4.12. The van der Waals surface area contributed by atoms with Crippen molar-refractivity contribution < 1.29 is 4.79 Å². The van der Waals surface area contributed by atoms with Gasteiger partial charge >= 0.3 is 0 Å². The van der Waals surface area contributed by atoms with Gasteiger partial charge in [-0.2, -0.15) is 0 Å². The van der Waals surface area contributed by atoms with E-state index in [4.69, 9.17) is 0 Å². The fraction of sp³-hybridized carbons (Fsp3) is 0.923. The van der Waals surface area contributed by atoms with Crippen molar-refractivity contribution in [2.75, 3.05) is 19.6 Å². The molecule has 3 heteroatoms. The molecule has 0 saturated carbocycles. The maximum atomic E-state index is 12.1. The second-order valence-electron chi connectivity index (χ2n) is 4.69. The summed E-state index contributed by atoms with van der Waals surface area (Å²) in [4.78, 5) is 14.2. The molecule has 1 aliphatic rings. The monoisotopic (exact) mass is 226 g/mol. The lowest BCUT2D eigenvalue weighted by atomic mass is 10.0. The highest BCUT2D eigenvalue weighted by Gasteiger charge is 2.23. The number of rotatable bonds is 6. The summed E-state index contributed by atoms with van der Waals surface area (Å²) in [5, 5.41) is 3.39. The fourth-order valence-corrected chi connectivity index (χ4v) is 2.32. The first kappa shape index (κ1) is 13.5. The average molecular weight is 226 g/mol. The Morgan fingerprint density at radius 1 is 1.38 bits per heavy atom. The van der Waals surface area contributed by atoms with E-state index >= 15 is 0 Å². The number of carbonyl (C=O) groups excluding carboxylic acids is 1. The molecule has 3 nitrogen and oxygen atoms in total. The van der Waals surface area contributed by atoms with E-state index in [9.17, 15) is 4.79 Å². The highest BCUT2D eigenvalue weighted by molar-refractivity contribution is 5.76. The van der Waals surface area contributed by atoms with Crippen molar-refractivity contribution in [3.8, 4) is 0 Å². The zero-order valence-electron chi connectivity index (χ0n) is 10.8. The summed E-state index contributed by atoms with van der Waals surface area (Å²) in [6.45, 7) is 7.31. The molecule has 94 valence electrons. The standard InChI is InChI=1S/C13H26N2O/c1-3-5-8-13(16)15(10-4-2)12-7-6-9-14-11-12/h12,14H,3-11H2,1-2H3. The molecule has 1 atom stereocenters. The highest BCUT2D eigenvalue weighted by Crippen LogP contribution is 2.13. The van der Waals surface area contributed by atoms with Gasteiger partial charge in [-0.1, -0.05) is 20.3 Å². The zero-order chi connectivity index (χ0) is 11.8. The van der Waals surface area contributed by atoms with Gasteiger partial charge in [-0.15, -0.1) is 0 Å². The first-order chi connectivity index (χ1) is 7.79. The topological polar surface area (TPSA) is 32.3 Å². The Bertz CT molecular complexity index is 200. The van der Waals surface area contributed by atoms with Crippen LogP contribution in [0.15, 0.2) is 0 Å². The number of nitrogens with zero attached hydrogens (tertiary/aromatic N) is 1. The van der Waals surface area contributed by atoms with Gasteiger partial charge in [0.15, 0.2) is 0 Å². The Hall–Kier alpha value is -0.570. The summed E-state index contributed by atoms with van der Waals surface area (Å²) >= 11 is 0. The molecule has 0 bridgehead atoms. The summed E-state index contributed by atoms with van der Waals surface area (Å²) in [5.41, 5.74) is 0. The van der Waals surface area contributed by atoms with Crippen LogP contribution in [0.4, 0.5) is 0 Å². The van der Waals surface area contributed by atoms with Gasteiger partial charge in [0.1, 0.15) is 0 Å². The molecule has 0 radical (unpaired) electrons. The Labute approximate surface area is 99.6 Å². The van der Waals surface area contributed by atoms with E-state index in [2.05, 4.69) is 24.1 Å². The van der Waals surface area contributed by atoms with E-state index in [0.29, 0.717) is 11.9 Å². The van der Waals surface area contributed by atoms with Crippen LogP contribution < -0.4 is 5.32 Å². The third-order valence-electron chi connectivity index (χ3n) is 3.24. The lowest BCUT2D eigenvalue weighted by Crippen LogP contribution is -2.48. The Kier molecular flexibility index (Phi) is 6.46. The molecule has 0 aromatic rings. The van der Waals surface area contributed by atoms with Crippen molar-refractivity contribution in [1.29, 1.82) is 0 Å². The lowest BCUT2D eigenvalue weighted by molar-refractivity contribution is -0.134. The van der Waals surface area contributed by atoms with E-state index < -0.39 is 0 Å². The van der Waals surface area contributed by atoms with Gasteiger partial charge in [-0.05, 0) is 32.2 Å². The number of hydrogen-bond donors (Lipinski definition) is 1. The van der Waals surface area contributed by atoms with E-state index in [1.54, 1.807) is 0 Å². The average Bonchev–Trinajstić information content (AvgIpc) is 2.34. The first-order valence-electron chi connectivity index (χ1n) is 6.79. The summed E-state index contributed by atoms with van der Waals surface area (Å²) in [6, 6.07) is 0.443. The molecule has 1 N–H and O–H groups in total. The molecule has 0 spiro atoms. The molecule has 1 rings (SSSR count). The number of hydrogen-bond acceptors (Lipinski definition) is 2. The van der Waals surface area contributed by atoms with Crippen molar-refractivity contribution in [1.82, 2.24) is 10.2 Å². The first-order valence-corrected chi connectivity index (χ1v) is 6.79. The van der Waals surface area contributed by atoms with Gasteiger partial charge in [0.05, 0.1) is 0 Å². The number of carbonyl (C=O) groups is 1. The van der Waals surface area contributed by atoms with Gasteiger partial charge in [-0.25, -0.2) is 0 Å². The SMILES string of the molecule is CCCCC(=O)N(CCC)C1CCCNC1. The largest absolute Gasteiger partial charge is 0.338 e. The molecular weight excluding hydrogens is 200 g/mol. The van der Waals surface area contributed by atoms with Gasteiger partial charge in [0, 0.05) is 25.6 Å². The van der Waals surface area contributed by atoms with Crippen molar-refractivity contribution >= 4 is 5.91 Å². The number of unbranched alkanes of at least 4 members (excludes halogenated alkanes) is 1. The maximum Gasteiger partial charge on any atom is 0.222 e. The molecule has 1 saturated heterocycles. The third-order valence-corrected chi connectivity index (χ3v) is 3.24. The van der Waals surface area contributed by atoms with Gasteiger partial charge < -0.3 is 10.2 Å². The van der Waals surface area contributed by atoms with Crippen LogP contribution in [0.3, 0.4) is 0 Å². The molecule has 0 aliphatic carbocycles. The van der Waals surface area contributed by atoms with Crippen LogP contribution in [0.25, 0.3) is 0 Å². The van der Waals surface area contributed by atoms with E-state index in [1.807, 2.05) is 0 Å². The summed E-state index contributed by atoms with van der Waals surface area (Å²) in [6.07, 6.45) is 6.30. The second-order valence-corrected chi connectivity index (χ2v) is 4.69. The number of nitrogens with one attached hydrogen (secondary N) is 1. The van der Waals surface area contributed by atoms with Gasteiger partial charge in [0.2, 0.25) is 5.91 Å². The van der Waals surface area contributed by atoms with E-state index in [0.717, 1.165) is 45.3 Å². The van der Waals surface area contributed by atoms with Crippen LogP contribution in [0.5, 0.6) is 0 Å². The molecule has 1 unspecified atom stereocenters. The predicted octanol–water partition coefficient (Wildman–Crippen LogP) is 2.17. The highest BCUT2D eigenvalue weighted by atomic mass is 16.2. The molecule has 0 aromatic heterocycles. The smallest absolute Gasteiger partial charge is 0.222 e. The minimum Gasteiger partial charge on any atom is -0.338 e. The molecular formula is C13H26N2O. The van der Waals surface area contributed by atoms with Crippen molar-refractivity contribution in [3.63, 3.8) is 0 Å². The minimum absolute atomic E-state index is 0.359. The molecule has 0 aromatic carbocycles. The second kappa shape index (κ2) is 7.66. The number of piperidine rings is 1. The van der Waals surface area contributed by atoms with E-state index in [1.165, 1.54) is 12.8 Å². The van der Waals surface area contributed by atoms with E-state index in [-0.39, 0.29) is 0 Å². The van der Waals surface area contributed by atoms with Crippen molar-refractivity contribution in [2.24, 2.45) is 0 Å². The molecule has 1 amide bonds. The summed E-state index contributed by atoms with van der Waals surface area (Å²) in [7, 11) is 0. The normalized spacial score (nSPS) is 20.8. The quantitative estimate of drug-likeness (QED) is 0.753. The lowest BCUT2D eigenvalue weighted by Gasteiger charge is -2.34. The van der Waals surface area contributed by atoms with Gasteiger partial charge in [-0.3, -0.25) is 4.79 Å². The minimum atomic E-state index is 0.359. The molecule has 1 fully saturated rings. The van der Waals surface area contributed by atoms with Crippen LogP contribution >= 0.6 is 0 Å². The van der Waals surface area contributed by atoms with Crippen LogP contribution in [0.2, 0.25) is 0 Å². The van der Waals surface area contributed by atoms with Crippen LogP contribution in [-0.2, 0) is 4.79 Å². The zero-order valence-corrected chi connectivity index (χ0v) is 10.8. The Morgan fingerprint density at radius 3 is 2.75 bits per heavy atom. The van der Waals surface area contributed by atoms with Crippen LogP contribution in [0.1, 0.15) is 52.4 Å². The van der Waals surface area contributed by atoms with Crippen molar-refractivity contribution in [2.45, 2.75) is 58.4 Å². The molecule has 16 heavy (non-hydrogen) atoms. The molecule has 1 aliphatic heterocycles. The number of amides is 1. The fourth-order valence-electron chi connectivity index (χ4n) is 2.32. The van der Waals surface area contributed by atoms with Crippen LogP contribution in [0, 0.1) is 0 Å². The van der Waals surface area contributed by atoms with Crippen LogP contribution in [-0.4, -0.2) is 36.5 Å². The van der Waals surface area contributed by atoms with Crippen molar-refractivity contribution in [3.05, 3.63) is 0 Å². The molecule has 1 heterocycles. The summed E-state index contributed by atoms with van der Waals surface area (Å²) in [5.74, 6) is 0.359. The predicted molar refractivity (Wildman–Crippen MR) is 67.4 cm³/mol. The Balaban J connectivity index is 2.47. The maximum absolute atomic E-state index is 12.1. The Morgan fingerprint density at radius 2 is 2.19 bits per heavy atom. The van der Waals surface area contributed by atoms with Gasteiger partial charge in [0.25, 0.3) is 0 Å².